The third-order valence-corrected chi connectivity index (χ3v) is 4.08. The lowest BCUT2D eigenvalue weighted by atomic mass is 9.91. The van der Waals surface area contributed by atoms with E-state index in [1.165, 1.54) is 12.0 Å². The van der Waals surface area contributed by atoms with Crippen molar-refractivity contribution in [3.05, 3.63) is 35.9 Å². The lowest BCUT2D eigenvalue weighted by Gasteiger charge is -2.35. The van der Waals surface area contributed by atoms with Gasteiger partial charge in [0.05, 0.1) is 11.6 Å². The molecule has 2 rings (SSSR count). The van der Waals surface area contributed by atoms with Gasteiger partial charge in [0.1, 0.15) is 0 Å². The molecule has 1 saturated heterocycles. The molecule has 0 radical (unpaired) electrons. The lowest BCUT2D eigenvalue weighted by Crippen LogP contribution is -2.47. The SMILES string of the molecule is CCOC(C)CN1CCCNC(C)(c2ccccc2)C1. The van der Waals surface area contributed by atoms with E-state index < -0.39 is 0 Å². The van der Waals surface area contributed by atoms with Gasteiger partial charge in [-0.2, -0.15) is 0 Å². The van der Waals surface area contributed by atoms with Crippen molar-refractivity contribution in [2.75, 3.05) is 32.8 Å². The molecule has 1 aliphatic rings. The molecule has 1 aromatic carbocycles. The Balaban J connectivity index is 2.06. The molecule has 3 nitrogen and oxygen atoms in total. The molecule has 20 heavy (non-hydrogen) atoms. The molecule has 0 bridgehead atoms. The zero-order valence-corrected chi connectivity index (χ0v) is 13.1. The van der Waals surface area contributed by atoms with E-state index in [0.29, 0.717) is 6.10 Å². The van der Waals surface area contributed by atoms with Gasteiger partial charge in [-0.05, 0) is 45.8 Å². The molecule has 0 saturated carbocycles. The Morgan fingerprint density at radius 2 is 2.10 bits per heavy atom. The second kappa shape index (κ2) is 7.21. The molecular weight excluding hydrogens is 248 g/mol. The molecule has 2 atom stereocenters. The van der Waals surface area contributed by atoms with Gasteiger partial charge in [0.25, 0.3) is 0 Å². The van der Waals surface area contributed by atoms with Gasteiger partial charge in [0.15, 0.2) is 0 Å². The molecule has 1 fully saturated rings. The van der Waals surface area contributed by atoms with Crippen LogP contribution in [0.25, 0.3) is 0 Å². The minimum atomic E-state index is 0.0314. The number of benzene rings is 1. The fourth-order valence-corrected chi connectivity index (χ4v) is 3.11. The van der Waals surface area contributed by atoms with E-state index in [9.17, 15) is 0 Å². The molecule has 1 aromatic rings. The number of ether oxygens (including phenoxy) is 1. The molecule has 1 heterocycles. The normalized spacial score (nSPS) is 26.1. The monoisotopic (exact) mass is 276 g/mol. The minimum Gasteiger partial charge on any atom is -0.377 e. The van der Waals surface area contributed by atoms with E-state index in [2.05, 4.69) is 61.3 Å². The summed E-state index contributed by atoms with van der Waals surface area (Å²) in [6.07, 6.45) is 1.50. The van der Waals surface area contributed by atoms with Crippen LogP contribution >= 0.6 is 0 Å². The largest absolute Gasteiger partial charge is 0.377 e. The Morgan fingerprint density at radius 1 is 1.35 bits per heavy atom. The number of hydrogen-bond acceptors (Lipinski definition) is 3. The van der Waals surface area contributed by atoms with Gasteiger partial charge in [-0.3, -0.25) is 4.90 Å². The maximum Gasteiger partial charge on any atom is 0.0673 e. The predicted molar refractivity (Wildman–Crippen MR) is 83.9 cm³/mol. The van der Waals surface area contributed by atoms with Gasteiger partial charge in [0, 0.05) is 19.7 Å². The first-order chi connectivity index (χ1) is 9.64. The van der Waals surface area contributed by atoms with E-state index >= 15 is 0 Å². The second-order valence-corrected chi connectivity index (χ2v) is 5.98. The number of rotatable bonds is 5. The van der Waals surface area contributed by atoms with Gasteiger partial charge in [0.2, 0.25) is 0 Å². The molecule has 2 unspecified atom stereocenters. The Bertz CT molecular complexity index is 395. The van der Waals surface area contributed by atoms with Crippen molar-refractivity contribution in [3.63, 3.8) is 0 Å². The van der Waals surface area contributed by atoms with E-state index in [0.717, 1.165) is 32.8 Å². The molecule has 0 spiro atoms. The highest BCUT2D eigenvalue weighted by atomic mass is 16.5. The van der Waals surface area contributed by atoms with Crippen molar-refractivity contribution < 1.29 is 4.74 Å². The summed E-state index contributed by atoms with van der Waals surface area (Å²) >= 11 is 0. The van der Waals surface area contributed by atoms with Crippen LogP contribution in [0.15, 0.2) is 30.3 Å². The maximum absolute atomic E-state index is 5.70. The van der Waals surface area contributed by atoms with Crippen LogP contribution < -0.4 is 5.32 Å². The Hall–Kier alpha value is -0.900. The summed E-state index contributed by atoms with van der Waals surface area (Å²) < 4.78 is 5.70. The molecule has 0 aliphatic carbocycles. The summed E-state index contributed by atoms with van der Waals surface area (Å²) in [5, 5.41) is 3.73. The maximum atomic E-state index is 5.70. The van der Waals surface area contributed by atoms with E-state index in [-0.39, 0.29) is 5.54 Å². The summed E-state index contributed by atoms with van der Waals surface area (Å²) in [4.78, 5) is 2.54. The van der Waals surface area contributed by atoms with Crippen LogP contribution in [0.2, 0.25) is 0 Å². The average Bonchev–Trinajstić information content (AvgIpc) is 2.63. The highest BCUT2D eigenvalue weighted by Crippen LogP contribution is 2.24. The molecular formula is C17H28N2O. The van der Waals surface area contributed by atoms with Crippen LogP contribution in [0, 0.1) is 0 Å². The topological polar surface area (TPSA) is 24.5 Å². The number of nitrogens with zero attached hydrogens (tertiary/aromatic N) is 1. The fraction of sp³-hybridized carbons (Fsp3) is 0.647. The van der Waals surface area contributed by atoms with Crippen LogP contribution in [0.3, 0.4) is 0 Å². The quantitative estimate of drug-likeness (QED) is 0.895. The predicted octanol–water partition coefficient (Wildman–Crippen LogP) is 2.62. The summed E-state index contributed by atoms with van der Waals surface area (Å²) in [5.74, 6) is 0. The van der Waals surface area contributed by atoms with Crippen LogP contribution in [0.4, 0.5) is 0 Å². The molecule has 0 aromatic heterocycles. The standard InChI is InChI=1S/C17H28N2O/c1-4-20-15(2)13-19-12-8-11-18-17(3,14-19)16-9-6-5-7-10-16/h5-7,9-10,15,18H,4,8,11-14H2,1-3H3. The third-order valence-electron chi connectivity index (χ3n) is 4.08. The highest BCUT2D eigenvalue weighted by molar-refractivity contribution is 5.24. The molecule has 112 valence electrons. The van der Waals surface area contributed by atoms with E-state index in [1.54, 1.807) is 0 Å². The highest BCUT2D eigenvalue weighted by Gasteiger charge is 2.30. The average molecular weight is 276 g/mol. The number of hydrogen-bond donors (Lipinski definition) is 1. The number of nitrogens with one attached hydrogen (secondary N) is 1. The van der Waals surface area contributed by atoms with Gasteiger partial charge in [-0.25, -0.2) is 0 Å². The van der Waals surface area contributed by atoms with Crippen LogP contribution in [0.5, 0.6) is 0 Å². The van der Waals surface area contributed by atoms with Crippen molar-refractivity contribution >= 4 is 0 Å². The summed E-state index contributed by atoms with van der Waals surface area (Å²) in [6.45, 7) is 11.6. The van der Waals surface area contributed by atoms with Gasteiger partial charge in [-0.1, -0.05) is 30.3 Å². The molecule has 1 aliphatic heterocycles. The second-order valence-electron chi connectivity index (χ2n) is 5.98. The lowest BCUT2D eigenvalue weighted by molar-refractivity contribution is 0.0415. The van der Waals surface area contributed by atoms with Crippen molar-refractivity contribution in [3.8, 4) is 0 Å². The Kier molecular flexibility index (Phi) is 5.58. The van der Waals surface area contributed by atoms with Crippen LogP contribution in [0.1, 0.15) is 32.8 Å². The van der Waals surface area contributed by atoms with E-state index in [1.807, 2.05) is 0 Å². The first kappa shape index (κ1) is 15.5. The molecule has 0 amide bonds. The zero-order chi connectivity index (χ0) is 14.4. The Morgan fingerprint density at radius 3 is 2.80 bits per heavy atom. The first-order valence-corrected chi connectivity index (χ1v) is 7.78. The minimum absolute atomic E-state index is 0.0314. The van der Waals surface area contributed by atoms with Crippen molar-refractivity contribution in [2.24, 2.45) is 0 Å². The van der Waals surface area contributed by atoms with Crippen LogP contribution in [-0.4, -0.2) is 43.8 Å². The first-order valence-electron chi connectivity index (χ1n) is 7.78. The van der Waals surface area contributed by atoms with Crippen molar-refractivity contribution in [2.45, 2.75) is 38.8 Å². The van der Waals surface area contributed by atoms with Gasteiger partial charge >= 0.3 is 0 Å². The summed E-state index contributed by atoms with van der Waals surface area (Å²) in [5.41, 5.74) is 1.40. The van der Waals surface area contributed by atoms with Crippen molar-refractivity contribution in [1.82, 2.24) is 10.2 Å². The smallest absolute Gasteiger partial charge is 0.0673 e. The summed E-state index contributed by atoms with van der Waals surface area (Å²) in [6, 6.07) is 10.8. The van der Waals surface area contributed by atoms with Gasteiger partial charge < -0.3 is 10.1 Å². The Labute approximate surface area is 123 Å². The fourth-order valence-electron chi connectivity index (χ4n) is 3.11. The van der Waals surface area contributed by atoms with Gasteiger partial charge in [-0.15, -0.1) is 0 Å². The summed E-state index contributed by atoms with van der Waals surface area (Å²) in [7, 11) is 0. The van der Waals surface area contributed by atoms with E-state index in [4.69, 9.17) is 4.74 Å². The molecule has 3 heteroatoms. The van der Waals surface area contributed by atoms with Crippen LogP contribution in [-0.2, 0) is 10.3 Å². The zero-order valence-electron chi connectivity index (χ0n) is 13.1. The van der Waals surface area contributed by atoms with Crippen molar-refractivity contribution in [1.29, 1.82) is 0 Å². The third kappa shape index (κ3) is 4.05. The molecule has 1 N–H and O–H groups in total.